The zero-order valence-electron chi connectivity index (χ0n) is 14.8. The Morgan fingerprint density at radius 1 is 1.12 bits per heavy atom. The van der Waals surface area contributed by atoms with Gasteiger partial charge in [0.05, 0.1) is 17.0 Å². The van der Waals surface area contributed by atoms with E-state index in [2.05, 4.69) is 10.4 Å². The number of carbonyl (C=O) groups is 1. The summed E-state index contributed by atoms with van der Waals surface area (Å²) in [6, 6.07) is 14.3. The van der Waals surface area contributed by atoms with Gasteiger partial charge in [0.15, 0.2) is 15.5 Å². The Bertz CT molecular complexity index is 1040. The highest BCUT2D eigenvalue weighted by Crippen LogP contribution is 2.20. The topological polar surface area (TPSA) is 81.1 Å². The van der Waals surface area contributed by atoms with Crippen molar-refractivity contribution < 1.29 is 13.2 Å². The van der Waals surface area contributed by atoms with Crippen molar-refractivity contribution in [2.75, 3.05) is 12.8 Å². The third kappa shape index (κ3) is 3.77. The number of fused-ring (bicyclic) bond motifs is 1. The van der Waals surface area contributed by atoms with Gasteiger partial charge in [-0.2, -0.15) is 5.10 Å². The third-order valence-corrected chi connectivity index (χ3v) is 5.22. The van der Waals surface area contributed by atoms with Crippen molar-refractivity contribution in [1.82, 2.24) is 15.1 Å². The minimum absolute atomic E-state index is 0.186. The molecule has 136 valence electrons. The average molecular weight is 371 g/mol. The van der Waals surface area contributed by atoms with Crippen LogP contribution in [-0.2, 0) is 16.4 Å². The standard InChI is InChI=1S/C19H21N3O3S/c1-3-12-20-19(23)18-16-6-4-5-7-17(16)22(21-18)13-14-8-10-15(11-9-14)26(2,24)25/h4-11H,3,12-13H2,1-2H3,(H,20,23). The molecule has 3 aromatic rings. The summed E-state index contributed by atoms with van der Waals surface area (Å²) in [4.78, 5) is 12.7. The fraction of sp³-hybridized carbons (Fsp3) is 0.263. The molecule has 0 spiro atoms. The van der Waals surface area contributed by atoms with E-state index in [4.69, 9.17) is 0 Å². The normalized spacial score (nSPS) is 11.6. The zero-order chi connectivity index (χ0) is 18.7. The Morgan fingerprint density at radius 3 is 2.46 bits per heavy atom. The monoisotopic (exact) mass is 371 g/mol. The van der Waals surface area contributed by atoms with E-state index in [0.29, 0.717) is 18.8 Å². The van der Waals surface area contributed by atoms with Crippen molar-refractivity contribution >= 4 is 26.6 Å². The van der Waals surface area contributed by atoms with Gasteiger partial charge >= 0.3 is 0 Å². The highest BCUT2D eigenvalue weighted by molar-refractivity contribution is 7.90. The Kier molecular flexibility index (Phi) is 5.08. The van der Waals surface area contributed by atoms with Gasteiger partial charge in [-0.3, -0.25) is 9.48 Å². The van der Waals surface area contributed by atoms with Gasteiger partial charge in [-0.1, -0.05) is 37.3 Å². The summed E-state index contributed by atoms with van der Waals surface area (Å²) in [6.45, 7) is 3.05. The molecule has 0 aliphatic heterocycles. The van der Waals surface area contributed by atoms with Crippen LogP contribution in [0, 0.1) is 0 Å². The summed E-state index contributed by atoms with van der Waals surface area (Å²) in [6.07, 6.45) is 2.04. The van der Waals surface area contributed by atoms with E-state index in [9.17, 15) is 13.2 Å². The molecule has 1 amide bonds. The van der Waals surface area contributed by atoms with Crippen LogP contribution < -0.4 is 5.32 Å². The largest absolute Gasteiger partial charge is 0.351 e. The maximum Gasteiger partial charge on any atom is 0.272 e. The SMILES string of the molecule is CCCNC(=O)c1nn(Cc2ccc(S(C)(=O)=O)cc2)c2ccccc12. The Morgan fingerprint density at radius 2 is 1.81 bits per heavy atom. The lowest BCUT2D eigenvalue weighted by atomic mass is 10.2. The fourth-order valence-corrected chi connectivity index (χ4v) is 3.38. The number of hydrogen-bond donors (Lipinski definition) is 1. The third-order valence-electron chi connectivity index (χ3n) is 4.09. The number of benzene rings is 2. The predicted octanol–water partition coefficient (Wildman–Crippen LogP) is 2.63. The molecule has 0 saturated carbocycles. The van der Waals surface area contributed by atoms with Crippen molar-refractivity contribution in [3.63, 3.8) is 0 Å². The smallest absolute Gasteiger partial charge is 0.272 e. The average Bonchev–Trinajstić information content (AvgIpc) is 2.98. The van der Waals surface area contributed by atoms with Crippen LogP contribution in [0.3, 0.4) is 0 Å². The summed E-state index contributed by atoms with van der Waals surface area (Å²) < 4.78 is 24.9. The van der Waals surface area contributed by atoms with Crippen LogP contribution in [0.2, 0.25) is 0 Å². The van der Waals surface area contributed by atoms with Crippen molar-refractivity contribution in [2.24, 2.45) is 0 Å². The van der Waals surface area contributed by atoms with Gasteiger partial charge in [-0.25, -0.2) is 8.42 Å². The van der Waals surface area contributed by atoms with Crippen LogP contribution in [0.4, 0.5) is 0 Å². The summed E-state index contributed by atoms with van der Waals surface area (Å²) in [7, 11) is -3.22. The first-order chi connectivity index (χ1) is 12.4. The lowest BCUT2D eigenvalue weighted by molar-refractivity contribution is 0.0949. The van der Waals surface area contributed by atoms with E-state index < -0.39 is 9.84 Å². The number of amides is 1. The van der Waals surface area contributed by atoms with E-state index in [-0.39, 0.29) is 10.8 Å². The number of para-hydroxylation sites is 1. The molecule has 6 nitrogen and oxygen atoms in total. The number of sulfone groups is 1. The maximum atomic E-state index is 12.4. The van der Waals surface area contributed by atoms with Gasteiger partial charge in [0.1, 0.15) is 0 Å². The molecule has 2 aromatic carbocycles. The lowest BCUT2D eigenvalue weighted by Gasteiger charge is -2.05. The minimum Gasteiger partial charge on any atom is -0.351 e. The number of carbonyl (C=O) groups excluding carboxylic acids is 1. The van der Waals surface area contributed by atoms with Gasteiger partial charge in [0.2, 0.25) is 0 Å². The van der Waals surface area contributed by atoms with Gasteiger partial charge in [-0.15, -0.1) is 0 Å². The Balaban J connectivity index is 1.94. The Hall–Kier alpha value is -2.67. The van der Waals surface area contributed by atoms with Crippen LogP contribution in [0.25, 0.3) is 10.9 Å². The molecule has 0 saturated heterocycles. The molecule has 0 aliphatic carbocycles. The second-order valence-electron chi connectivity index (χ2n) is 6.20. The van der Waals surface area contributed by atoms with E-state index in [1.165, 1.54) is 6.26 Å². The van der Waals surface area contributed by atoms with E-state index in [1.54, 1.807) is 28.9 Å². The highest BCUT2D eigenvalue weighted by atomic mass is 32.2. The first-order valence-corrected chi connectivity index (χ1v) is 10.3. The molecule has 0 bridgehead atoms. The first kappa shape index (κ1) is 18.1. The van der Waals surface area contributed by atoms with Gasteiger partial charge in [-0.05, 0) is 30.2 Å². The molecule has 26 heavy (non-hydrogen) atoms. The Labute approximate surface area is 152 Å². The molecule has 0 radical (unpaired) electrons. The fourth-order valence-electron chi connectivity index (χ4n) is 2.75. The van der Waals surface area contributed by atoms with Crippen LogP contribution in [0.15, 0.2) is 53.4 Å². The van der Waals surface area contributed by atoms with E-state index in [0.717, 1.165) is 22.9 Å². The van der Waals surface area contributed by atoms with Gasteiger partial charge in [0, 0.05) is 18.2 Å². The number of aromatic nitrogens is 2. The molecule has 1 aromatic heterocycles. The van der Waals surface area contributed by atoms with Gasteiger partial charge < -0.3 is 5.32 Å². The second kappa shape index (κ2) is 7.29. The molecular formula is C19H21N3O3S. The summed E-state index contributed by atoms with van der Waals surface area (Å²) >= 11 is 0. The number of nitrogens with zero attached hydrogens (tertiary/aromatic N) is 2. The highest BCUT2D eigenvalue weighted by Gasteiger charge is 2.16. The number of nitrogens with one attached hydrogen (secondary N) is 1. The van der Waals surface area contributed by atoms with E-state index >= 15 is 0 Å². The van der Waals surface area contributed by atoms with Crippen molar-refractivity contribution in [2.45, 2.75) is 24.8 Å². The van der Waals surface area contributed by atoms with Crippen LogP contribution in [0.1, 0.15) is 29.4 Å². The molecule has 0 unspecified atom stereocenters. The number of hydrogen-bond acceptors (Lipinski definition) is 4. The van der Waals surface area contributed by atoms with E-state index in [1.807, 2.05) is 31.2 Å². The molecule has 0 fully saturated rings. The van der Waals surface area contributed by atoms with Crippen molar-refractivity contribution in [3.05, 3.63) is 59.8 Å². The first-order valence-electron chi connectivity index (χ1n) is 8.43. The molecule has 0 atom stereocenters. The van der Waals surface area contributed by atoms with Crippen LogP contribution in [-0.4, -0.2) is 36.9 Å². The quantitative estimate of drug-likeness (QED) is 0.722. The zero-order valence-corrected chi connectivity index (χ0v) is 15.6. The molecule has 1 N–H and O–H groups in total. The second-order valence-corrected chi connectivity index (χ2v) is 8.21. The number of rotatable bonds is 6. The summed E-state index contributed by atoms with van der Waals surface area (Å²) in [5.74, 6) is -0.186. The molecule has 1 heterocycles. The van der Waals surface area contributed by atoms with Crippen LogP contribution >= 0.6 is 0 Å². The molecule has 7 heteroatoms. The minimum atomic E-state index is -3.22. The summed E-state index contributed by atoms with van der Waals surface area (Å²) in [5.41, 5.74) is 2.18. The lowest BCUT2D eigenvalue weighted by Crippen LogP contribution is -2.24. The maximum absolute atomic E-state index is 12.4. The summed E-state index contributed by atoms with van der Waals surface area (Å²) in [5, 5.41) is 8.16. The van der Waals surface area contributed by atoms with Crippen LogP contribution in [0.5, 0.6) is 0 Å². The molecule has 0 aliphatic rings. The van der Waals surface area contributed by atoms with Gasteiger partial charge in [0.25, 0.3) is 5.91 Å². The predicted molar refractivity (Wildman–Crippen MR) is 101 cm³/mol. The molecule has 3 rings (SSSR count). The molecular weight excluding hydrogens is 350 g/mol. The van der Waals surface area contributed by atoms with Crippen molar-refractivity contribution in [1.29, 1.82) is 0 Å². The van der Waals surface area contributed by atoms with Crippen molar-refractivity contribution in [3.8, 4) is 0 Å².